The van der Waals surface area contributed by atoms with Crippen molar-refractivity contribution in [2.75, 3.05) is 53.4 Å². The van der Waals surface area contributed by atoms with Crippen molar-refractivity contribution in [1.82, 2.24) is 41.7 Å². The summed E-state index contributed by atoms with van der Waals surface area (Å²) in [5, 5.41) is 61.9. The van der Waals surface area contributed by atoms with Crippen molar-refractivity contribution in [3.05, 3.63) is 46.5 Å². The average Bonchev–Trinajstić information content (AvgIpc) is 3.84. The molecule has 0 radical (unpaired) electrons. The molecular weight excluding hydrogens is 857 g/mol. The van der Waals surface area contributed by atoms with E-state index in [1.54, 1.807) is 12.1 Å². The molecule has 20 nitrogen and oxygen atoms in total. The number of aromatic hydroxyl groups is 2. The Hall–Kier alpha value is -5.70. The van der Waals surface area contributed by atoms with E-state index in [1.165, 1.54) is 0 Å². The van der Waals surface area contributed by atoms with Crippen molar-refractivity contribution in [3.63, 3.8) is 0 Å². The Morgan fingerprint density at radius 1 is 0.576 bits per heavy atom. The van der Waals surface area contributed by atoms with Crippen LogP contribution in [0.1, 0.15) is 73.6 Å². The van der Waals surface area contributed by atoms with Crippen LogP contribution in [0.3, 0.4) is 0 Å². The third-order valence-electron chi connectivity index (χ3n) is 16.5. The number of nitrogens with zero attached hydrogens (tertiary/aromatic N) is 2. The zero-order valence-electron chi connectivity index (χ0n) is 37.0. The number of nitrogens with one attached hydrogen (secondary N) is 6. The van der Waals surface area contributed by atoms with Gasteiger partial charge in [0.15, 0.2) is 23.0 Å². The Kier molecular flexibility index (Phi) is 10.7. The molecule has 4 aliphatic heterocycles. The van der Waals surface area contributed by atoms with Crippen molar-refractivity contribution in [3.8, 4) is 23.0 Å². The Balaban J connectivity index is 0.631. The second-order valence-electron chi connectivity index (χ2n) is 19.7. The molecule has 2 saturated heterocycles. The molecule has 354 valence electrons. The van der Waals surface area contributed by atoms with Crippen LogP contribution in [0.2, 0.25) is 0 Å². The van der Waals surface area contributed by atoms with Gasteiger partial charge in [0.1, 0.15) is 12.2 Å². The highest BCUT2D eigenvalue weighted by Crippen LogP contribution is 2.67. The third kappa shape index (κ3) is 6.52. The molecule has 4 fully saturated rings. The van der Waals surface area contributed by atoms with Gasteiger partial charge in [0, 0.05) is 36.1 Å². The van der Waals surface area contributed by atoms with Crippen LogP contribution < -0.4 is 41.4 Å². The van der Waals surface area contributed by atoms with Gasteiger partial charge in [0.05, 0.1) is 60.3 Å². The second kappa shape index (κ2) is 16.0. The summed E-state index contributed by atoms with van der Waals surface area (Å²) in [4.78, 5) is 80.7. The average molecular weight is 915 g/mol. The lowest BCUT2D eigenvalue weighted by molar-refractivity contribution is -0.187. The fraction of sp³-hybridized carbons (Fsp3) is 0.609. The maximum atomic E-state index is 13.1. The Morgan fingerprint density at radius 2 is 0.955 bits per heavy atom. The molecule has 2 saturated carbocycles. The maximum absolute atomic E-state index is 13.1. The maximum Gasteiger partial charge on any atom is 0.239 e. The number of likely N-dealkylation sites (tertiary alicyclic amines) is 2. The first-order valence-electron chi connectivity index (χ1n) is 23.1. The van der Waals surface area contributed by atoms with Crippen LogP contribution in [0.5, 0.6) is 23.0 Å². The van der Waals surface area contributed by atoms with E-state index in [4.69, 9.17) is 9.47 Å². The number of rotatable bonds is 13. The number of hydrogen-bond donors (Lipinski definition) is 10. The second-order valence-corrected chi connectivity index (χ2v) is 19.7. The van der Waals surface area contributed by atoms with Crippen molar-refractivity contribution in [1.29, 1.82) is 0 Å². The molecule has 4 aliphatic carbocycles. The number of phenolic OH excluding ortho intramolecular Hbond substituents is 2. The van der Waals surface area contributed by atoms with Crippen molar-refractivity contribution in [2.24, 2.45) is 0 Å². The number of carbonyl (C=O) groups excluding carboxylic acids is 6. The van der Waals surface area contributed by atoms with Gasteiger partial charge >= 0.3 is 0 Å². The van der Waals surface area contributed by atoms with E-state index in [0.717, 1.165) is 22.3 Å². The Bertz CT molecular complexity index is 2260. The normalized spacial score (nSPS) is 33.8. The number of benzene rings is 2. The highest BCUT2D eigenvalue weighted by atomic mass is 16.5. The lowest BCUT2D eigenvalue weighted by Gasteiger charge is -2.63. The fourth-order valence-corrected chi connectivity index (χ4v) is 13.6. The number of amides is 6. The van der Waals surface area contributed by atoms with Crippen LogP contribution in [0.15, 0.2) is 24.3 Å². The molecule has 0 aromatic heterocycles. The van der Waals surface area contributed by atoms with Crippen LogP contribution >= 0.6 is 0 Å². The number of hydrogen-bond acceptors (Lipinski definition) is 14. The van der Waals surface area contributed by atoms with Gasteiger partial charge in [-0.25, -0.2) is 0 Å². The van der Waals surface area contributed by atoms with Crippen LogP contribution in [-0.2, 0) is 52.4 Å². The molecule has 4 heterocycles. The number of aliphatic hydroxyl groups is 2. The van der Waals surface area contributed by atoms with Gasteiger partial charge in [0.25, 0.3) is 0 Å². The predicted octanol–water partition coefficient (Wildman–Crippen LogP) is -2.42. The minimum absolute atomic E-state index is 0.00663. The number of ether oxygens (including phenoxy) is 2. The summed E-state index contributed by atoms with van der Waals surface area (Å²) in [6, 6.07) is 5.71. The van der Waals surface area contributed by atoms with Gasteiger partial charge in [0.2, 0.25) is 35.4 Å². The smallest absolute Gasteiger partial charge is 0.239 e. The monoisotopic (exact) mass is 914 g/mol. The molecule has 2 aromatic rings. The lowest BCUT2D eigenvalue weighted by Crippen LogP contribution is -2.77. The van der Waals surface area contributed by atoms with Crippen LogP contribution in [0, 0.1) is 0 Å². The zero-order valence-corrected chi connectivity index (χ0v) is 37.0. The summed E-state index contributed by atoms with van der Waals surface area (Å²) in [5.41, 5.74) is -0.153. The lowest BCUT2D eigenvalue weighted by atomic mass is 9.48. The molecule has 6 amide bonds. The largest absolute Gasteiger partial charge is 0.504 e. The van der Waals surface area contributed by atoms with Crippen LogP contribution in [-0.4, -0.2) is 167 Å². The molecule has 20 heteroatoms. The quantitative estimate of drug-likeness (QED) is 0.100. The predicted molar refractivity (Wildman–Crippen MR) is 231 cm³/mol. The van der Waals surface area contributed by atoms with Gasteiger partial charge in [-0.1, -0.05) is 12.1 Å². The van der Waals surface area contributed by atoms with E-state index in [2.05, 4.69) is 41.7 Å². The van der Waals surface area contributed by atoms with Crippen LogP contribution in [0.4, 0.5) is 0 Å². The molecule has 8 aliphatic rings. The van der Waals surface area contributed by atoms with Crippen molar-refractivity contribution < 1.29 is 58.7 Å². The molecule has 8 unspecified atom stereocenters. The van der Waals surface area contributed by atoms with E-state index >= 15 is 0 Å². The number of phenols is 2. The minimum atomic E-state index is -1.11. The van der Waals surface area contributed by atoms with E-state index in [-0.39, 0.29) is 49.5 Å². The van der Waals surface area contributed by atoms with Crippen LogP contribution in [0.25, 0.3) is 0 Å². The van der Waals surface area contributed by atoms with E-state index in [1.807, 2.05) is 26.2 Å². The number of likely N-dealkylation sites (N-methyl/N-ethyl adjacent to an activating group) is 2. The van der Waals surface area contributed by atoms with Gasteiger partial charge in [-0.05, 0) is 102 Å². The van der Waals surface area contributed by atoms with E-state index in [9.17, 15) is 49.2 Å². The van der Waals surface area contributed by atoms with Crippen molar-refractivity contribution >= 4 is 35.4 Å². The summed E-state index contributed by atoms with van der Waals surface area (Å²) < 4.78 is 12.8. The zero-order chi connectivity index (χ0) is 46.5. The molecule has 4 bridgehead atoms. The number of piperidine rings is 2. The summed E-state index contributed by atoms with van der Waals surface area (Å²) >= 11 is 0. The molecule has 10 N–H and O–H groups in total. The molecule has 2 aromatic carbocycles. The van der Waals surface area contributed by atoms with E-state index < -0.39 is 94.9 Å². The number of carbonyl (C=O) groups is 6. The van der Waals surface area contributed by atoms with Gasteiger partial charge in [-0.2, -0.15) is 0 Å². The molecule has 10 rings (SSSR count). The van der Waals surface area contributed by atoms with Gasteiger partial charge in [-0.3, -0.25) is 28.8 Å². The first-order valence-corrected chi connectivity index (χ1v) is 23.1. The standard InChI is InChI=1S/C46H58N8O12/c1-53-15-13-43-37-23-3-5-27(55)39(37)65-41(43)25(9-11-45(43,63)29(53)17-23)51-35(61)21-49-33(59)19-47-31(57)7-8-32(58)48-20-34(60)50-22-36(62)52-26-10-12-46(64)30-18-24-4-6-28(56)40-38(24)44(46,42(26)66-40)14-16-54(30)2/h3-6,25-26,29-30,41-42,55-56,63-64H,7-22H2,1-2H3,(H,47,57)(H,48,58)(H,49,59)(H,50,60)(H,51,61)(H,52,62)/t25?,26?,29-,30-,41?,42?,43?,44?,45?,46?/m1/s1. The van der Waals surface area contributed by atoms with Gasteiger partial charge < -0.3 is 71.6 Å². The highest BCUT2D eigenvalue weighted by Gasteiger charge is 2.74. The Morgan fingerprint density at radius 3 is 1.36 bits per heavy atom. The fourth-order valence-electron chi connectivity index (χ4n) is 13.6. The Labute approximate surface area is 380 Å². The first kappa shape index (κ1) is 44.2. The SMILES string of the molecule is CN1CCC23c4c5ccc(O)c4OC2C(NC(=O)CNC(=O)CNC(=O)CCC(=O)NCC(=O)NCC(=O)NC2CCC4(O)[C@H]6Cc7ccc(O)c8c7C4(CCN6C)C2O8)CCC3(O)[C@H]1C5. The third-order valence-corrected chi connectivity index (χ3v) is 16.5. The molecular formula is C46H58N8O12. The molecule has 10 atom stereocenters. The highest BCUT2D eigenvalue weighted by molar-refractivity contribution is 5.91. The first-order chi connectivity index (χ1) is 31.5. The molecule has 66 heavy (non-hydrogen) atoms. The summed E-state index contributed by atoms with van der Waals surface area (Å²) in [7, 11) is 4.01. The van der Waals surface area contributed by atoms with Crippen molar-refractivity contribution in [2.45, 2.75) is 123 Å². The van der Waals surface area contributed by atoms with E-state index in [0.29, 0.717) is 76.0 Å². The van der Waals surface area contributed by atoms with Gasteiger partial charge in [-0.15, -0.1) is 0 Å². The summed E-state index contributed by atoms with van der Waals surface area (Å²) in [6.07, 6.45) is 2.30. The summed E-state index contributed by atoms with van der Waals surface area (Å²) in [5.74, 6) is -2.73. The molecule has 2 spiro atoms. The topological polar surface area (TPSA) is 280 Å². The minimum Gasteiger partial charge on any atom is -0.504 e. The summed E-state index contributed by atoms with van der Waals surface area (Å²) in [6.45, 7) is -0.221.